The first-order valence-corrected chi connectivity index (χ1v) is 12.4. The molecule has 8 heteroatoms. The maximum Gasteiger partial charge on any atom is 0.408 e. The molecule has 3 aromatic rings. The molecule has 192 valence electrons. The summed E-state index contributed by atoms with van der Waals surface area (Å²) in [5.74, 6) is -1.16. The van der Waals surface area contributed by atoms with Crippen molar-refractivity contribution in [3.05, 3.63) is 90.0 Å². The number of aliphatic carboxylic acids is 1. The Balaban J connectivity index is 1.32. The number of likely N-dealkylation sites (tertiary alicyclic amines) is 1. The molecule has 37 heavy (non-hydrogen) atoms. The molecule has 0 radical (unpaired) electrons. The summed E-state index contributed by atoms with van der Waals surface area (Å²) in [5.41, 5.74) is 4.17. The number of carbonyl (C=O) groups excluding carboxylic acids is 2. The van der Waals surface area contributed by atoms with Crippen LogP contribution in [0.4, 0.5) is 10.5 Å². The maximum absolute atomic E-state index is 12.4. The molecule has 2 amide bonds. The van der Waals surface area contributed by atoms with Gasteiger partial charge in [-0.25, -0.2) is 9.59 Å². The Bertz CT molecular complexity index is 1210. The van der Waals surface area contributed by atoms with Gasteiger partial charge >= 0.3 is 12.1 Å². The number of nitrogens with zero attached hydrogens (tertiary/aromatic N) is 1. The number of benzene rings is 3. The van der Waals surface area contributed by atoms with Crippen molar-refractivity contribution in [3.63, 3.8) is 0 Å². The van der Waals surface area contributed by atoms with E-state index in [1.54, 1.807) is 0 Å². The Hall–Kier alpha value is -4.17. The molecule has 8 nitrogen and oxygen atoms in total. The summed E-state index contributed by atoms with van der Waals surface area (Å²) in [7, 11) is 0. The van der Waals surface area contributed by atoms with Crippen molar-refractivity contribution in [2.75, 3.05) is 25.0 Å². The lowest BCUT2D eigenvalue weighted by atomic mass is 10.0. The van der Waals surface area contributed by atoms with Gasteiger partial charge in [0.2, 0.25) is 5.91 Å². The van der Waals surface area contributed by atoms with Gasteiger partial charge in [0.05, 0.1) is 6.54 Å². The summed E-state index contributed by atoms with van der Waals surface area (Å²) >= 11 is 0. The van der Waals surface area contributed by atoms with Gasteiger partial charge in [0, 0.05) is 12.1 Å². The second-order valence-electron chi connectivity index (χ2n) is 9.11. The molecule has 1 heterocycles. The number of carboxylic acid groups (broad SMARTS) is 1. The minimum atomic E-state index is -1.14. The molecule has 0 spiro atoms. The van der Waals surface area contributed by atoms with Gasteiger partial charge in [0.1, 0.15) is 12.6 Å². The fourth-order valence-corrected chi connectivity index (χ4v) is 4.30. The van der Waals surface area contributed by atoms with Crippen LogP contribution in [-0.2, 0) is 27.4 Å². The number of hydrogen-bond donors (Lipinski definition) is 3. The predicted octanol–water partition coefficient (Wildman–Crippen LogP) is 4.31. The second kappa shape index (κ2) is 12.7. The van der Waals surface area contributed by atoms with E-state index >= 15 is 0 Å². The molecule has 4 rings (SSSR count). The molecule has 0 saturated carbocycles. The van der Waals surface area contributed by atoms with Gasteiger partial charge in [-0.2, -0.15) is 0 Å². The van der Waals surface area contributed by atoms with Crippen LogP contribution in [0.25, 0.3) is 11.1 Å². The van der Waals surface area contributed by atoms with Gasteiger partial charge in [-0.15, -0.1) is 0 Å². The fourth-order valence-electron chi connectivity index (χ4n) is 4.30. The summed E-state index contributed by atoms with van der Waals surface area (Å²) in [6, 6.07) is 23.1. The van der Waals surface area contributed by atoms with Crippen molar-refractivity contribution in [2.45, 2.75) is 31.9 Å². The van der Waals surface area contributed by atoms with Crippen molar-refractivity contribution in [3.8, 4) is 11.1 Å². The number of carboxylic acids is 1. The third kappa shape index (κ3) is 7.91. The lowest BCUT2D eigenvalue weighted by molar-refractivity contribution is -0.139. The van der Waals surface area contributed by atoms with Crippen LogP contribution < -0.4 is 10.6 Å². The smallest absolute Gasteiger partial charge is 0.408 e. The summed E-state index contributed by atoms with van der Waals surface area (Å²) < 4.78 is 5.15. The average molecular weight is 502 g/mol. The van der Waals surface area contributed by atoms with Crippen molar-refractivity contribution in [1.29, 1.82) is 0 Å². The molecule has 1 aliphatic rings. The third-order valence-electron chi connectivity index (χ3n) is 6.24. The Kier molecular flexibility index (Phi) is 8.89. The van der Waals surface area contributed by atoms with Crippen LogP contribution in [0.15, 0.2) is 78.9 Å². The number of nitrogens with one attached hydrogen (secondary N) is 2. The van der Waals surface area contributed by atoms with Gasteiger partial charge in [-0.05, 0) is 60.3 Å². The number of carbonyl (C=O) groups is 3. The highest BCUT2D eigenvalue weighted by Crippen LogP contribution is 2.23. The van der Waals surface area contributed by atoms with E-state index in [0.29, 0.717) is 6.54 Å². The number of ether oxygens (including phenoxy) is 1. The van der Waals surface area contributed by atoms with Crippen molar-refractivity contribution in [2.24, 2.45) is 0 Å². The lowest BCUT2D eigenvalue weighted by Crippen LogP contribution is -2.42. The standard InChI is InChI=1S/C29H31N3O5/c33-27(19-32-15-4-5-16-32)30-25-10-6-9-24(18-25)23-13-11-21(12-14-23)17-26(28(34)35)31-29(36)37-20-22-7-2-1-3-8-22/h1-3,6-14,18,26H,4-5,15-17,19-20H2,(H,30,33)(H,31,36)(H,34,35). The van der Waals surface area contributed by atoms with E-state index in [9.17, 15) is 19.5 Å². The average Bonchev–Trinajstić information content (AvgIpc) is 3.41. The minimum absolute atomic E-state index is 0.0242. The SMILES string of the molecule is O=C(CN1CCCC1)Nc1cccc(-c2ccc(CC(NC(=O)OCc3ccccc3)C(=O)O)cc2)c1. The minimum Gasteiger partial charge on any atom is -0.480 e. The molecule has 3 N–H and O–H groups in total. The highest BCUT2D eigenvalue weighted by Gasteiger charge is 2.21. The van der Waals surface area contributed by atoms with Crippen LogP contribution >= 0.6 is 0 Å². The van der Waals surface area contributed by atoms with E-state index < -0.39 is 18.1 Å². The van der Waals surface area contributed by atoms with Crippen LogP contribution in [0, 0.1) is 0 Å². The summed E-state index contributed by atoms with van der Waals surface area (Å²) in [6.07, 6.45) is 1.61. The first-order chi connectivity index (χ1) is 18.0. The highest BCUT2D eigenvalue weighted by molar-refractivity contribution is 5.93. The van der Waals surface area contributed by atoms with E-state index in [4.69, 9.17) is 4.74 Å². The van der Waals surface area contributed by atoms with Gasteiger partial charge in [0.25, 0.3) is 0 Å². The number of amides is 2. The first kappa shape index (κ1) is 25.9. The van der Waals surface area contributed by atoms with Gasteiger partial charge in [-0.1, -0.05) is 66.7 Å². The van der Waals surface area contributed by atoms with E-state index in [-0.39, 0.29) is 18.9 Å². The molecule has 0 aliphatic carbocycles. The third-order valence-corrected chi connectivity index (χ3v) is 6.24. The zero-order valence-electron chi connectivity index (χ0n) is 20.6. The zero-order chi connectivity index (χ0) is 26.0. The van der Waals surface area contributed by atoms with Gasteiger partial charge < -0.3 is 20.5 Å². The summed E-state index contributed by atoms with van der Waals surface area (Å²) in [6.45, 7) is 2.39. The molecule has 1 unspecified atom stereocenters. The zero-order valence-corrected chi connectivity index (χ0v) is 20.6. The van der Waals surface area contributed by atoms with E-state index in [1.165, 1.54) is 0 Å². The number of anilines is 1. The number of rotatable bonds is 10. The number of alkyl carbamates (subject to hydrolysis) is 1. The highest BCUT2D eigenvalue weighted by atomic mass is 16.5. The summed E-state index contributed by atoms with van der Waals surface area (Å²) in [5, 5.41) is 15.0. The molecule has 0 bridgehead atoms. The van der Waals surface area contributed by atoms with Crippen molar-refractivity contribution in [1.82, 2.24) is 10.2 Å². The van der Waals surface area contributed by atoms with Crippen LogP contribution in [0.5, 0.6) is 0 Å². The van der Waals surface area contributed by atoms with Gasteiger partial charge in [-0.3, -0.25) is 9.69 Å². The molecular weight excluding hydrogens is 470 g/mol. The first-order valence-electron chi connectivity index (χ1n) is 12.4. The lowest BCUT2D eigenvalue weighted by Gasteiger charge is -2.15. The van der Waals surface area contributed by atoms with Crippen molar-refractivity contribution >= 4 is 23.7 Å². The molecule has 1 saturated heterocycles. The number of hydrogen-bond acceptors (Lipinski definition) is 5. The predicted molar refractivity (Wildman–Crippen MR) is 141 cm³/mol. The Labute approximate surface area is 216 Å². The van der Waals surface area contributed by atoms with E-state index in [2.05, 4.69) is 15.5 Å². The van der Waals surface area contributed by atoms with E-state index in [0.717, 1.165) is 53.9 Å². The molecule has 0 aromatic heterocycles. The molecule has 1 atom stereocenters. The second-order valence-corrected chi connectivity index (χ2v) is 9.11. The molecular formula is C29H31N3O5. The molecule has 1 aliphatic heterocycles. The van der Waals surface area contributed by atoms with Crippen LogP contribution in [0.3, 0.4) is 0 Å². The molecule has 3 aromatic carbocycles. The Morgan fingerprint density at radius 3 is 2.30 bits per heavy atom. The van der Waals surface area contributed by atoms with Crippen LogP contribution in [0.1, 0.15) is 24.0 Å². The van der Waals surface area contributed by atoms with Crippen LogP contribution in [-0.4, -0.2) is 53.7 Å². The fraction of sp³-hybridized carbons (Fsp3) is 0.276. The quantitative estimate of drug-likeness (QED) is 0.382. The van der Waals surface area contributed by atoms with Crippen LogP contribution in [0.2, 0.25) is 0 Å². The topological polar surface area (TPSA) is 108 Å². The Morgan fingerprint density at radius 2 is 1.59 bits per heavy atom. The van der Waals surface area contributed by atoms with Crippen molar-refractivity contribution < 1.29 is 24.2 Å². The Morgan fingerprint density at radius 1 is 0.865 bits per heavy atom. The monoisotopic (exact) mass is 501 g/mol. The maximum atomic E-state index is 12.4. The summed E-state index contributed by atoms with van der Waals surface area (Å²) in [4.78, 5) is 38.4. The molecule has 1 fully saturated rings. The van der Waals surface area contributed by atoms with Gasteiger partial charge in [0.15, 0.2) is 0 Å². The van der Waals surface area contributed by atoms with E-state index in [1.807, 2.05) is 78.9 Å². The normalized spacial score (nSPS) is 14.1. The largest absolute Gasteiger partial charge is 0.480 e.